The van der Waals surface area contributed by atoms with Crippen LogP contribution in [0.3, 0.4) is 0 Å². The van der Waals surface area contributed by atoms with Gasteiger partial charge in [0, 0.05) is 12.1 Å². The summed E-state index contributed by atoms with van der Waals surface area (Å²) in [5, 5.41) is 12.2. The van der Waals surface area contributed by atoms with E-state index in [0.717, 1.165) is 25.8 Å². The quantitative estimate of drug-likeness (QED) is 0.730. The van der Waals surface area contributed by atoms with Crippen LogP contribution in [-0.4, -0.2) is 47.2 Å². The molecular weight excluding hydrogens is 204 g/mol. The summed E-state index contributed by atoms with van der Waals surface area (Å²) in [4.78, 5) is 14.0. The third-order valence-corrected chi connectivity index (χ3v) is 3.51. The fourth-order valence-electron chi connectivity index (χ4n) is 2.18. The van der Waals surface area contributed by atoms with Gasteiger partial charge in [-0.05, 0) is 39.7 Å². The molecule has 0 aliphatic carbocycles. The highest BCUT2D eigenvalue weighted by Crippen LogP contribution is 2.19. The molecule has 94 valence electrons. The van der Waals surface area contributed by atoms with Crippen molar-refractivity contribution in [3.8, 4) is 0 Å². The van der Waals surface area contributed by atoms with E-state index >= 15 is 0 Å². The first-order valence-corrected chi connectivity index (χ1v) is 6.27. The zero-order valence-electron chi connectivity index (χ0n) is 10.6. The van der Waals surface area contributed by atoms with E-state index in [2.05, 4.69) is 17.1 Å². The summed E-state index contributed by atoms with van der Waals surface area (Å²) in [5.74, 6) is 0.0784. The minimum absolute atomic E-state index is 0.0784. The number of aliphatic hydroxyl groups is 1. The van der Waals surface area contributed by atoms with Crippen molar-refractivity contribution in [3.05, 3.63) is 0 Å². The Balaban J connectivity index is 2.49. The number of nitrogens with zero attached hydrogens (tertiary/aromatic N) is 1. The molecule has 1 saturated heterocycles. The molecule has 0 aromatic carbocycles. The van der Waals surface area contributed by atoms with Crippen LogP contribution in [-0.2, 0) is 4.79 Å². The van der Waals surface area contributed by atoms with Crippen LogP contribution in [0.4, 0.5) is 0 Å². The van der Waals surface area contributed by atoms with Gasteiger partial charge in [-0.3, -0.25) is 9.69 Å². The first-order valence-electron chi connectivity index (χ1n) is 6.27. The highest BCUT2D eigenvalue weighted by atomic mass is 16.3. The fourth-order valence-corrected chi connectivity index (χ4v) is 2.18. The van der Waals surface area contributed by atoms with E-state index in [-0.39, 0.29) is 30.6 Å². The van der Waals surface area contributed by atoms with Crippen molar-refractivity contribution in [3.63, 3.8) is 0 Å². The predicted octanol–water partition coefficient (Wildman–Crippen LogP) is 0.746. The number of carbonyl (C=O) groups is 1. The normalized spacial score (nSPS) is 25.4. The SMILES string of the molecule is CCC(C)NC(=O)C(C)N1CCCC1CO. The number of hydrogen-bond acceptors (Lipinski definition) is 3. The van der Waals surface area contributed by atoms with Gasteiger partial charge in [-0.2, -0.15) is 0 Å². The summed E-state index contributed by atoms with van der Waals surface area (Å²) in [6.07, 6.45) is 3.02. The lowest BCUT2D eigenvalue weighted by molar-refractivity contribution is -0.127. The maximum absolute atomic E-state index is 11.9. The van der Waals surface area contributed by atoms with Crippen LogP contribution in [0.2, 0.25) is 0 Å². The first-order chi connectivity index (χ1) is 7.60. The number of aliphatic hydroxyl groups excluding tert-OH is 1. The molecule has 3 unspecified atom stereocenters. The topological polar surface area (TPSA) is 52.6 Å². The maximum atomic E-state index is 11.9. The van der Waals surface area contributed by atoms with Crippen molar-refractivity contribution in [2.75, 3.05) is 13.2 Å². The van der Waals surface area contributed by atoms with Crippen molar-refractivity contribution >= 4 is 5.91 Å². The molecule has 4 nitrogen and oxygen atoms in total. The van der Waals surface area contributed by atoms with Gasteiger partial charge in [0.25, 0.3) is 0 Å². The molecular formula is C12H24N2O2. The van der Waals surface area contributed by atoms with E-state index in [1.807, 2.05) is 13.8 Å². The molecule has 0 radical (unpaired) electrons. The van der Waals surface area contributed by atoms with Crippen LogP contribution < -0.4 is 5.32 Å². The van der Waals surface area contributed by atoms with Crippen LogP contribution in [0, 0.1) is 0 Å². The zero-order valence-corrected chi connectivity index (χ0v) is 10.6. The summed E-state index contributed by atoms with van der Waals surface area (Å²) in [7, 11) is 0. The van der Waals surface area contributed by atoms with Gasteiger partial charge in [0.1, 0.15) is 0 Å². The molecule has 4 heteroatoms. The Morgan fingerprint density at radius 2 is 2.25 bits per heavy atom. The Morgan fingerprint density at radius 3 is 2.81 bits per heavy atom. The molecule has 1 amide bonds. The second-order valence-corrected chi connectivity index (χ2v) is 4.71. The fraction of sp³-hybridized carbons (Fsp3) is 0.917. The number of amides is 1. The van der Waals surface area contributed by atoms with Gasteiger partial charge in [-0.15, -0.1) is 0 Å². The molecule has 1 fully saturated rings. The average Bonchev–Trinajstić information content (AvgIpc) is 2.75. The number of rotatable bonds is 5. The monoisotopic (exact) mass is 228 g/mol. The molecule has 1 aliphatic rings. The molecule has 16 heavy (non-hydrogen) atoms. The molecule has 2 N–H and O–H groups in total. The standard InChI is InChI=1S/C12H24N2O2/c1-4-9(2)13-12(16)10(3)14-7-5-6-11(14)8-15/h9-11,15H,4-8H2,1-3H3,(H,13,16). The van der Waals surface area contributed by atoms with Crippen LogP contribution >= 0.6 is 0 Å². The highest BCUT2D eigenvalue weighted by molar-refractivity contribution is 5.81. The first kappa shape index (κ1) is 13.5. The van der Waals surface area contributed by atoms with Crippen molar-refractivity contribution in [2.24, 2.45) is 0 Å². The molecule has 0 aromatic heterocycles. The van der Waals surface area contributed by atoms with Gasteiger partial charge in [-0.25, -0.2) is 0 Å². The van der Waals surface area contributed by atoms with Crippen molar-refractivity contribution in [1.29, 1.82) is 0 Å². The van der Waals surface area contributed by atoms with E-state index in [9.17, 15) is 9.90 Å². The second kappa shape index (κ2) is 6.21. The average molecular weight is 228 g/mol. The van der Waals surface area contributed by atoms with E-state index < -0.39 is 0 Å². The molecule has 1 rings (SSSR count). The summed E-state index contributed by atoms with van der Waals surface area (Å²) >= 11 is 0. The van der Waals surface area contributed by atoms with Gasteiger partial charge in [0.2, 0.25) is 5.91 Å². The minimum atomic E-state index is -0.131. The van der Waals surface area contributed by atoms with Crippen LogP contribution in [0.1, 0.15) is 40.0 Å². The molecule has 1 heterocycles. The van der Waals surface area contributed by atoms with Gasteiger partial charge >= 0.3 is 0 Å². The Labute approximate surface area is 98.0 Å². The van der Waals surface area contributed by atoms with Crippen LogP contribution in [0.5, 0.6) is 0 Å². The van der Waals surface area contributed by atoms with E-state index in [1.54, 1.807) is 0 Å². The number of likely N-dealkylation sites (tertiary alicyclic amines) is 1. The van der Waals surface area contributed by atoms with Crippen molar-refractivity contribution < 1.29 is 9.90 Å². The predicted molar refractivity (Wildman–Crippen MR) is 64.2 cm³/mol. The third-order valence-electron chi connectivity index (χ3n) is 3.51. The lowest BCUT2D eigenvalue weighted by atomic mass is 10.2. The summed E-state index contributed by atoms with van der Waals surface area (Å²) in [6.45, 7) is 7.06. The molecule has 0 spiro atoms. The van der Waals surface area contributed by atoms with E-state index in [4.69, 9.17) is 0 Å². The Morgan fingerprint density at radius 1 is 1.56 bits per heavy atom. The van der Waals surface area contributed by atoms with E-state index in [0.29, 0.717) is 0 Å². The van der Waals surface area contributed by atoms with E-state index in [1.165, 1.54) is 0 Å². The summed E-state index contributed by atoms with van der Waals surface area (Å²) < 4.78 is 0. The second-order valence-electron chi connectivity index (χ2n) is 4.71. The molecule has 0 aromatic rings. The maximum Gasteiger partial charge on any atom is 0.237 e. The minimum Gasteiger partial charge on any atom is -0.395 e. The number of nitrogens with one attached hydrogen (secondary N) is 1. The third kappa shape index (κ3) is 3.19. The van der Waals surface area contributed by atoms with Crippen LogP contribution in [0.25, 0.3) is 0 Å². The van der Waals surface area contributed by atoms with Crippen molar-refractivity contribution in [2.45, 2.75) is 58.2 Å². The highest BCUT2D eigenvalue weighted by Gasteiger charge is 2.31. The Kier molecular flexibility index (Phi) is 5.22. The van der Waals surface area contributed by atoms with Gasteiger partial charge in [-0.1, -0.05) is 6.92 Å². The smallest absolute Gasteiger partial charge is 0.237 e. The Bertz CT molecular complexity index is 233. The largest absolute Gasteiger partial charge is 0.395 e. The Hall–Kier alpha value is -0.610. The zero-order chi connectivity index (χ0) is 12.1. The van der Waals surface area contributed by atoms with Crippen LogP contribution in [0.15, 0.2) is 0 Å². The molecule has 3 atom stereocenters. The van der Waals surface area contributed by atoms with Gasteiger partial charge < -0.3 is 10.4 Å². The summed E-state index contributed by atoms with van der Waals surface area (Å²) in [5.41, 5.74) is 0. The molecule has 1 aliphatic heterocycles. The lowest BCUT2D eigenvalue weighted by Gasteiger charge is -2.29. The number of hydrogen-bond donors (Lipinski definition) is 2. The van der Waals surface area contributed by atoms with Gasteiger partial charge in [0.05, 0.1) is 12.6 Å². The molecule has 0 saturated carbocycles. The van der Waals surface area contributed by atoms with Crippen molar-refractivity contribution in [1.82, 2.24) is 10.2 Å². The number of carbonyl (C=O) groups excluding carboxylic acids is 1. The molecule has 0 bridgehead atoms. The van der Waals surface area contributed by atoms with Gasteiger partial charge in [0.15, 0.2) is 0 Å². The summed E-state index contributed by atoms with van der Waals surface area (Å²) in [6, 6.07) is 0.261. The lowest BCUT2D eigenvalue weighted by Crippen LogP contribution is -2.49.